The summed E-state index contributed by atoms with van der Waals surface area (Å²) in [4.78, 5) is 27.0. The number of nitrogens with one attached hydrogen (secondary N) is 1. The molecule has 0 radical (unpaired) electrons. The first-order chi connectivity index (χ1) is 9.25. The van der Waals surface area contributed by atoms with Gasteiger partial charge >= 0.3 is 5.97 Å². The van der Waals surface area contributed by atoms with Gasteiger partial charge in [0.05, 0.1) is 0 Å². The van der Waals surface area contributed by atoms with E-state index in [1.807, 2.05) is 27.7 Å². The maximum absolute atomic E-state index is 12.3. The molecule has 0 saturated heterocycles. The fraction of sp³-hybridized carbons (Fsp3) is 0.643. The molecule has 1 aromatic rings. The lowest BCUT2D eigenvalue weighted by Crippen LogP contribution is -2.35. The number of carboxylic acid groups (broad SMARTS) is 1. The van der Waals surface area contributed by atoms with E-state index in [1.54, 1.807) is 17.0 Å². The predicted octanol–water partition coefficient (Wildman–Crippen LogP) is 1.91. The molecule has 0 bridgehead atoms. The lowest BCUT2D eigenvalue weighted by atomic mass is 10.0. The predicted molar refractivity (Wildman–Crippen MR) is 78.0 cm³/mol. The van der Waals surface area contributed by atoms with Crippen LogP contribution in [0, 0.1) is 5.92 Å². The molecule has 0 aromatic carbocycles. The quantitative estimate of drug-likeness (QED) is 0.832. The number of hydrogen-bond acceptors (Lipinski definition) is 4. The lowest BCUT2D eigenvalue weighted by Gasteiger charge is -2.23. The molecule has 0 fully saturated rings. The third kappa shape index (κ3) is 4.36. The van der Waals surface area contributed by atoms with Gasteiger partial charge in [-0.3, -0.25) is 9.59 Å². The topological polar surface area (TPSA) is 84.2 Å². The van der Waals surface area contributed by atoms with Crippen LogP contribution in [0.1, 0.15) is 40.5 Å². The molecule has 0 aliphatic carbocycles. The Morgan fingerprint density at radius 2 is 2.15 bits per heavy atom. The van der Waals surface area contributed by atoms with Crippen molar-refractivity contribution in [3.8, 4) is 0 Å². The molecular formula is C14H23N3O3. The molecule has 0 aliphatic heterocycles. The molecule has 1 atom stereocenters. The van der Waals surface area contributed by atoms with E-state index in [2.05, 4.69) is 10.3 Å². The Bertz CT molecular complexity index is 517. The van der Waals surface area contributed by atoms with Crippen molar-refractivity contribution in [2.45, 2.75) is 46.1 Å². The molecule has 1 rings (SSSR count). The molecule has 2 N–H and O–H groups in total. The Morgan fingerprint density at radius 3 is 2.65 bits per heavy atom. The zero-order chi connectivity index (χ0) is 15.3. The molecule has 112 valence electrons. The number of hydrogen-bond donors (Lipinski definition) is 2. The molecule has 1 aromatic heterocycles. The van der Waals surface area contributed by atoms with Crippen molar-refractivity contribution in [1.29, 1.82) is 0 Å². The number of carboxylic acids is 1. The van der Waals surface area contributed by atoms with Crippen molar-refractivity contribution in [2.24, 2.45) is 5.92 Å². The molecule has 1 unspecified atom stereocenters. The van der Waals surface area contributed by atoms with E-state index in [9.17, 15) is 9.59 Å². The van der Waals surface area contributed by atoms with Crippen LogP contribution >= 0.6 is 0 Å². The van der Waals surface area contributed by atoms with E-state index >= 15 is 0 Å². The van der Waals surface area contributed by atoms with Crippen LogP contribution in [0.25, 0.3) is 0 Å². The first kappa shape index (κ1) is 16.2. The van der Waals surface area contributed by atoms with Gasteiger partial charge in [0, 0.05) is 30.9 Å². The van der Waals surface area contributed by atoms with Gasteiger partial charge in [0.25, 0.3) is 5.56 Å². The molecule has 0 spiro atoms. The standard InChI is InChI=1S/C14H23N3O3/c1-5-10(8-11(18)19)9-16-12-13(20)17(7-6-15-12)14(2,3)4/h6-7,10H,5,8-9H2,1-4H3,(H,15,16)(H,18,19). The minimum atomic E-state index is -0.827. The van der Waals surface area contributed by atoms with Crippen LogP contribution in [-0.4, -0.2) is 27.2 Å². The van der Waals surface area contributed by atoms with Crippen LogP contribution in [0.4, 0.5) is 5.82 Å². The van der Waals surface area contributed by atoms with E-state index < -0.39 is 5.97 Å². The summed E-state index contributed by atoms with van der Waals surface area (Å²) in [5.41, 5.74) is -0.507. The number of rotatable bonds is 6. The Hall–Kier alpha value is -1.85. The third-order valence-electron chi connectivity index (χ3n) is 3.16. The zero-order valence-corrected chi connectivity index (χ0v) is 12.5. The highest BCUT2D eigenvalue weighted by Gasteiger charge is 2.17. The average molecular weight is 281 g/mol. The Labute approximate surface area is 118 Å². The summed E-state index contributed by atoms with van der Waals surface area (Å²) in [5.74, 6) is -0.574. The van der Waals surface area contributed by atoms with Crippen LogP contribution in [0.2, 0.25) is 0 Å². The van der Waals surface area contributed by atoms with E-state index in [1.165, 1.54) is 0 Å². The van der Waals surface area contributed by atoms with E-state index in [0.717, 1.165) is 6.42 Å². The molecule has 20 heavy (non-hydrogen) atoms. The van der Waals surface area contributed by atoms with E-state index in [4.69, 9.17) is 5.11 Å². The molecule has 1 heterocycles. The van der Waals surface area contributed by atoms with E-state index in [0.29, 0.717) is 6.54 Å². The second kappa shape index (κ2) is 6.54. The molecule has 6 heteroatoms. The number of carbonyl (C=O) groups is 1. The van der Waals surface area contributed by atoms with Crippen molar-refractivity contribution in [3.05, 3.63) is 22.7 Å². The summed E-state index contributed by atoms with van der Waals surface area (Å²) in [7, 11) is 0. The van der Waals surface area contributed by atoms with Crippen molar-refractivity contribution >= 4 is 11.8 Å². The maximum Gasteiger partial charge on any atom is 0.303 e. The molecular weight excluding hydrogens is 258 g/mol. The van der Waals surface area contributed by atoms with Gasteiger partial charge in [-0.1, -0.05) is 13.3 Å². The normalized spacial score (nSPS) is 13.0. The smallest absolute Gasteiger partial charge is 0.303 e. The number of nitrogens with zero attached hydrogens (tertiary/aromatic N) is 2. The van der Waals surface area contributed by atoms with Crippen molar-refractivity contribution in [1.82, 2.24) is 9.55 Å². The summed E-state index contributed by atoms with van der Waals surface area (Å²) < 4.78 is 1.61. The van der Waals surface area contributed by atoms with Crippen LogP contribution in [0.5, 0.6) is 0 Å². The maximum atomic E-state index is 12.3. The Balaban J connectivity index is 2.84. The SMILES string of the molecule is CCC(CNc1nccn(C(C)(C)C)c1=O)CC(=O)O. The lowest BCUT2D eigenvalue weighted by molar-refractivity contribution is -0.138. The summed E-state index contributed by atoms with van der Waals surface area (Å²) in [5, 5.41) is 11.8. The summed E-state index contributed by atoms with van der Waals surface area (Å²) >= 11 is 0. The van der Waals surface area contributed by atoms with Gasteiger partial charge < -0.3 is 15.0 Å². The van der Waals surface area contributed by atoms with Gasteiger partial charge in [0.15, 0.2) is 5.82 Å². The second-order valence-electron chi connectivity index (χ2n) is 5.87. The van der Waals surface area contributed by atoms with Crippen LogP contribution in [-0.2, 0) is 10.3 Å². The summed E-state index contributed by atoms with van der Waals surface area (Å²) in [6, 6.07) is 0. The van der Waals surface area contributed by atoms with Gasteiger partial charge in [0.2, 0.25) is 0 Å². The molecule has 0 aliphatic rings. The van der Waals surface area contributed by atoms with Crippen LogP contribution in [0.15, 0.2) is 17.2 Å². The van der Waals surface area contributed by atoms with Crippen molar-refractivity contribution in [3.63, 3.8) is 0 Å². The minimum Gasteiger partial charge on any atom is -0.481 e. The van der Waals surface area contributed by atoms with Gasteiger partial charge in [-0.15, -0.1) is 0 Å². The van der Waals surface area contributed by atoms with Gasteiger partial charge in [-0.25, -0.2) is 4.98 Å². The fourth-order valence-electron chi connectivity index (χ4n) is 1.91. The fourth-order valence-corrected chi connectivity index (χ4v) is 1.91. The number of aliphatic carboxylic acids is 1. The highest BCUT2D eigenvalue weighted by molar-refractivity contribution is 5.67. The van der Waals surface area contributed by atoms with Crippen LogP contribution in [0.3, 0.4) is 0 Å². The second-order valence-corrected chi connectivity index (χ2v) is 5.87. The minimum absolute atomic E-state index is 0.0167. The first-order valence-electron chi connectivity index (χ1n) is 6.79. The summed E-state index contributed by atoms with van der Waals surface area (Å²) in [6.07, 6.45) is 4.05. The van der Waals surface area contributed by atoms with E-state index in [-0.39, 0.29) is 29.3 Å². The highest BCUT2D eigenvalue weighted by Crippen LogP contribution is 2.12. The third-order valence-corrected chi connectivity index (χ3v) is 3.16. The zero-order valence-electron chi connectivity index (χ0n) is 12.5. The monoisotopic (exact) mass is 281 g/mol. The number of aromatic nitrogens is 2. The first-order valence-corrected chi connectivity index (χ1v) is 6.79. The highest BCUT2D eigenvalue weighted by atomic mass is 16.4. The number of anilines is 1. The largest absolute Gasteiger partial charge is 0.481 e. The van der Waals surface area contributed by atoms with Gasteiger partial charge in [-0.05, 0) is 26.7 Å². The molecule has 0 saturated carbocycles. The summed E-state index contributed by atoms with van der Waals surface area (Å²) in [6.45, 7) is 8.19. The van der Waals surface area contributed by atoms with Crippen molar-refractivity contribution in [2.75, 3.05) is 11.9 Å². The van der Waals surface area contributed by atoms with Gasteiger partial charge in [-0.2, -0.15) is 0 Å². The Kier molecular flexibility index (Phi) is 5.30. The average Bonchev–Trinajstić information content (AvgIpc) is 2.34. The molecule has 6 nitrogen and oxygen atoms in total. The van der Waals surface area contributed by atoms with Crippen LogP contribution < -0.4 is 10.9 Å². The molecule has 0 amide bonds. The van der Waals surface area contributed by atoms with Crippen molar-refractivity contribution < 1.29 is 9.90 Å². The van der Waals surface area contributed by atoms with Gasteiger partial charge in [0.1, 0.15) is 0 Å². The Morgan fingerprint density at radius 1 is 1.50 bits per heavy atom.